The number of aromatic nitrogens is 2. The lowest BCUT2D eigenvalue weighted by Gasteiger charge is -2.23. The maximum Gasteiger partial charge on any atom is 0.281 e. The monoisotopic (exact) mass is 289 g/mol. The van der Waals surface area contributed by atoms with Gasteiger partial charge in [0.1, 0.15) is 6.10 Å². The molecule has 1 atom stereocenters. The molecule has 2 rings (SSSR count). The first kappa shape index (κ1) is 14.9. The Balaban J connectivity index is 2.91. The molecule has 110 valence electrons. The number of rotatable bonds is 2. The summed E-state index contributed by atoms with van der Waals surface area (Å²) in [6.45, 7) is 3.73. The molecule has 0 saturated carbocycles. The third-order valence-corrected chi connectivity index (χ3v) is 2.95. The van der Waals surface area contributed by atoms with Gasteiger partial charge < -0.3 is 5.11 Å². The van der Waals surface area contributed by atoms with Crippen LogP contribution in [0.25, 0.3) is 10.9 Å². The lowest BCUT2D eigenvalue weighted by atomic mass is 10.2. The zero-order valence-corrected chi connectivity index (χ0v) is 11.9. The highest BCUT2D eigenvalue weighted by molar-refractivity contribution is 6.06. The Bertz CT molecular complexity index is 765. The van der Waals surface area contributed by atoms with Crippen LogP contribution in [0.3, 0.4) is 0 Å². The summed E-state index contributed by atoms with van der Waals surface area (Å²) in [6, 6.07) is 6.53. The van der Waals surface area contributed by atoms with Crippen LogP contribution >= 0.6 is 0 Å². The number of benzene rings is 1. The van der Waals surface area contributed by atoms with Crippen molar-refractivity contribution in [1.29, 1.82) is 0 Å². The molecule has 1 aromatic carbocycles. The Hall–Kier alpha value is -2.54. The standard InChI is InChI=1S/C14H15N3O4/c1-8(18)13-15-12-7-5-4-6-11(12)14(21)17(13)16(9(2)19)10(3)20/h4-8,18H,1-3H3/t8-/m0/s1. The fourth-order valence-electron chi connectivity index (χ4n) is 2.11. The van der Waals surface area contributed by atoms with Crippen LogP contribution in [0.1, 0.15) is 32.7 Å². The Morgan fingerprint density at radius 2 is 1.81 bits per heavy atom. The quantitative estimate of drug-likeness (QED) is 0.868. The Labute approximate surface area is 120 Å². The van der Waals surface area contributed by atoms with E-state index in [4.69, 9.17) is 0 Å². The van der Waals surface area contributed by atoms with E-state index in [0.717, 1.165) is 18.5 Å². The molecule has 0 saturated heterocycles. The average Bonchev–Trinajstić information content (AvgIpc) is 2.40. The number of aliphatic hydroxyl groups is 1. The first-order chi connectivity index (χ1) is 9.84. The molecule has 1 N–H and O–H groups in total. The summed E-state index contributed by atoms with van der Waals surface area (Å²) in [5, 5.41) is 10.8. The molecule has 0 aliphatic heterocycles. The van der Waals surface area contributed by atoms with E-state index in [1.165, 1.54) is 6.92 Å². The highest BCUT2D eigenvalue weighted by Gasteiger charge is 2.24. The minimum atomic E-state index is -1.12. The maximum absolute atomic E-state index is 12.6. The largest absolute Gasteiger partial charge is 0.385 e. The number of para-hydroxylation sites is 1. The number of amides is 2. The zero-order valence-electron chi connectivity index (χ0n) is 11.9. The van der Waals surface area contributed by atoms with E-state index >= 15 is 0 Å². The molecule has 1 aromatic heterocycles. The molecular weight excluding hydrogens is 274 g/mol. The number of imide groups is 1. The van der Waals surface area contributed by atoms with Gasteiger partial charge >= 0.3 is 0 Å². The summed E-state index contributed by atoms with van der Waals surface area (Å²) in [7, 11) is 0. The van der Waals surface area contributed by atoms with Crippen LogP contribution in [0.5, 0.6) is 0 Å². The van der Waals surface area contributed by atoms with Crippen molar-refractivity contribution < 1.29 is 14.7 Å². The fraction of sp³-hybridized carbons (Fsp3) is 0.286. The van der Waals surface area contributed by atoms with Gasteiger partial charge in [-0.3, -0.25) is 14.4 Å². The molecular formula is C14H15N3O4. The van der Waals surface area contributed by atoms with E-state index in [1.807, 2.05) is 0 Å². The van der Waals surface area contributed by atoms with Gasteiger partial charge in [0.2, 0.25) is 11.8 Å². The third-order valence-electron chi connectivity index (χ3n) is 2.95. The number of hydrogen-bond donors (Lipinski definition) is 1. The number of carbonyl (C=O) groups is 2. The van der Waals surface area contributed by atoms with Crippen LogP contribution in [-0.2, 0) is 9.59 Å². The van der Waals surface area contributed by atoms with E-state index in [9.17, 15) is 19.5 Å². The minimum absolute atomic E-state index is 0.0656. The summed E-state index contributed by atoms with van der Waals surface area (Å²) < 4.78 is 0.831. The highest BCUT2D eigenvalue weighted by Crippen LogP contribution is 2.14. The Kier molecular flexibility index (Phi) is 3.86. The van der Waals surface area contributed by atoms with Crippen LogP contribution in [0.4, 0.5) is 0 Å². The Morgan fingerprint density at radius 3 is 2.33 bits per heavy atom. The van der Waals surface area contributed by atoms with E-state index in [1.54, 1.807) is 24.3 Å². The maximum atomic E-state index is 12.6. The molecule has 7 heteroatoms. The zero-order chi connectivity index (χ0) is 15.7. The molecule has 2 aromatic rings. The number of hydrogen-bond acceptors (Lipinski definition) is 5. The van der Waals surface area contributed by atoms with Crippen LogP contribution in [-0.4, -0.2) is 26.6 Å². The number of aliphatic hydroxyl groups excluding tert-OH is 1. The lowest BCUT2D eigenvalue weighted by Crippen LogP contribution is -2.50. The number of nitrogens with zero attached hydrogens (tertiary/aromatic N) is 3. The second-order valence-corrected chi connectivity index (χ2v) is 4.63. The molecule has 7 nitrogen and oxygen atoms in total. The van der Waals surface area contributed by atoms with Gasteiger partial charge in [-0.05, 0) is 19.1 Å². The molecule has 0 bridgehead atoms. The van der Waals surface area contributed by atoms with Gasteiger partial charge in [0.25, 0.3) is 5.56 Å². The van der Waals surface area contributed by atoms with Gasteiger partial charge in [-0.2, -0.15) is 9.69 Å². The van der Waals surface area contributed by atoms with Crippen molar-refractivity contribution in [2.45, 2.75) is 26.9 Å². The number of fused-ring (bicyclic) bond motifs is 1. The highest BCUT2D eigenvalue weighted by atomic mass is 16.3. The van der Waals surface area contributed by atoms with Crippen molar-refractivity contribution in [2.24, 2.45) is 0 Å². The summed E-state index contributed by atoms with van der Waals surface area (Å²) >= 11 is 0. The summed E-state index contributed by atoms with van der Waals surface area (Å²) in [5.74, 6) is -1.34. The molecule has 1 heterocycles. The molecule has 0 unspecified atom stereocenters. The molecule has 0 aliphatic rings. The van der Waals surface area contributed by atoms with Crippen molar-refractivity contribution in [1.82, 2.24) is 9.66 Å². The van der Waals surface area contributed by atoms with Crippen LogP contribution in [0, 0.1) is 0 Å². The second kappa shape index (κ2) is 5.45. The van der Waals surface area contributed by atoms with Crippen LogP contribution in [0.15, 0.2) is 29.1 Å². The van der Waals surface area contributed by atoms with Crippen molar-refractivity contribution in [3.8, 4) is 0 Å². The van der Waals surface area contributed by atoms with Gasteiger partial charge in [0.05, 0.1) is 10.9 Å². The van der Waals surface area contributed by atoms with Crippen LogP contribution in [0.2, 0.25) is 0 Å². The lowest BCUT2D eigenvalue weighted by molar-refractivity contribution is -0.126. The minimum Gasteiger partial charge on any atom is -0.385 e. The summed E-state index contributed by atoms with van der Waals surface area (Å²) in [5.41, 5.74) is -0.191. The molecule has 0 fully saturated rings. The van der Waals surface area contributed by atoms with Crippen molar-refractivity contribution >= 4 is 22.7 Å². The predicted molar refractivity (Wildman–Crippen MR) is 76.2 cm³/mol. The molecule has 0 radical (unpaired) electrons. The van der Waals surface area contributed by atoms with Crippen molar-refractivity contribution in [3.05, 3.63) is 40.4 Å². The molecule has 0 spiro atoms. The van der Waals surface area contributed by atoms with Crippen LogP contribution < -0.4 is 10.6 Å². The smallest absolute Gasteiger partial charge is 0.281 e. The van der Waals surface area contributed by atoms with E-state index < -0.39 is 23.5 Å². The third kappa shape index (κ3) is 2.55. The summed E-state index contributed by atoms with van der Waals surface area (Å²) in [4.78, 5) is 40.1. The second-order valence-electron chi connectivity index (χ2n) is 4.63. The van der Waals surface area contributed by atoms with Gasteiger partial charge in [-0.25, -0.2) is 4.98 Å². The SMILES string of the molecule is CC(=O)N(C(C)=O)n1c([C@H](C)O)nc2ccccc2c1=O. The molecule has 2 amide bonds. The normalized spacial score (nSPS) is 12.2. The first-order valence-electron chi connectivity index (χ1n) is 6.36. The van der Waals surface area contributed by atoms with E-state index in [2.05, 4.69) is 4.98 Å². The first-order valence-corrected chi connectivity index (χ1v) is 6.36. The van der Waals surface area contributed by atoms with Gasteiger partial charge in [-0.1, -0.05) is 12.1 Å². The topological polar surface area (TPSA) is 92.5 Å². The van der Waals surface area contributed by atoms with Crippen molar-refractivity contribution in [3.63, 3.8) is 0 Å². The molecule has 21 heavy (non-hydrogen) atoms. The van der Waals surface area contributed by atoms with Crippen molar-refractivity contribution in [2.75, 3.05) is 5.01 Å². The number of carbonyl (C=O) groups excluding carboxylic acids is 2. The van der Waals surface area contributed by atoms with Gasteiger partial charge in [0.15, 0.2) is 5.82 Å². The van der Waals surface area contributed by atoms with E-state index in [0.29, 0.717) is 10.5 Å². The fourth-order valence-corrected chi connectivity index (χ4v) is 2.11. The molecule has 0 aliphatic carbocycles. The van der Waals surface area contributed by atoms with E-state index in [-0.39, 0.29) is 11.2 Å². The summed E-state index contributed by atoms with van der Waals surface area (Å²) in [6.07, 6.45) is -1.12. The van der Waals surface area contributed by atoms with Gasteiger partial charge in [-0.15, -0.1) is 0 Å². The Morgan fingerprint density at radius 1 is 1.24 bits per heavy atom. The average molecular weight is 289 g/mol. The predicted octanol–water partition coefficient (Wildman–Crippen LogP) is 0.481. The van der Waals surface area contributed by atoms with Gasteiger partial charge in [0, 0.05) is 13.8 Å².